The summed E-state index contributed by atoms with van der Waals surface area (Å²) in [5.41, 5.74) is 4.42. The molecule has 166 valence electrons. The van der Waals surface area contributed by atoms with Crippen LogP contribution in [0.1, 0.15) is 41.6 Å². The third-order valence-corrected chi connectivity index (χ3v) is 7.44. The Hall–Kier alpha value is -3.44. The van der Waals surface area contributed by atoms with Gasteiger partial charge >= 0.3 is 5.97 Å². The molecule has 0 unspecified atom stereocenters. The average Bonchev–Trinajstić information content (AvgIpc) is 3.55. The second-order valence-electron chi connectivity index (χ2n) is 8.43. The highest BCUT2D eigenvalue weighted by Crippen LogP contribution is 2.42. The number of carboxylic acids is 1. The number of carboxylic acid groups (broad SMARTS) is 1. The fourth-order valence-electron chi connectivity index (χ4n) is 4.63. The van der Waals surface area contributed by atoms with Crippen LogP contribution in [-0.4, -0.2) is 22.1 Å². The zero-order valence-corrected chi connectivity index (χ0v) is 19.2. The summed E-state index contributed by atoms with van der Waals surface area (Å²) in [5, 5.41) is 10.7. The maximum atomic E-state index is 11.9. The number of hydrogen-bond acceptors (Lipinski definition) is 4. The van der Waals surface area contributed by atoms with Crippen LogP contribution in [0.2, 0.25) is 0 Å². The molecule has 0 bridgehead atoms. The first-order valence-corrected chi connectivity index (χ1v) is 12.2. The molecule has 0 saturated heterocycles. The number of thiazole rings is 1. The summed E-state index contributed by atoms with van der Waals surface area (Å²) in [7, 11) is 0. The highest BCUT2D eigenvalue weighted by Gasteiger charge is 2.28. The molecule has 4 nitrogen and oxygen atoms in total. The van der Waals surface area contributed by atoms with Crippen molar-refractivity contribution >= 4 is 22.4 Å². The molecule has 0 radical (unpaired) electrons. The normalized spacial score (nSPS) is 13.8. The van der Waals surface area contributed by atoms with Crippen molar-refractivity contribution < 1.29 is 9.90 Å². The van der Waals surface area contributed by atoms with E-state index in [-0.39, 0.29) is 0 Å². The number of anilines is 1. The van der Waals surface area contributed by atoms with Crippen LogP contribution in [0, 0.1) is 0 Å². The molecule has 0 spiro atoms. The largest absolute Gasteiger partial charge is 0.478 e. The van der Waals surface area contributed by atoms with Crippen LogP contribution >= 0.6 is 11.3 Å². The van der Waals surface area contributed by atoms with E-state index < -0.39 is 5.97 Å². The van der Waals surface area contributed by atoms with Gasteiger partial charge in [-0.15, -0.1) is 0 Å². The summed E-state index contributed by atoms with van der Waals surface area (Å²) in [5.74, 6) is -0.883. The summed E-state index contributed by atoms with van der Waals surface area (Å²) in [4.78, 5) is 20.5. The minimum absolute atomic E-state index is 0.364. The molecule has 33 heavy (non-hydrogen) atoms. The van der Waals surface area contributed by atoms with Gasteiger partial charge in [-0.2, -0.15) is 0 Å². The molecule has 0 amide bonds. The molecule has 1 heterocycles. The van der Waals surface area contributed by atoms with E-state index in [1.807, 2.05) is 36.4 Å². The molecule has 5 heteroatoms. The average molecular weight is 455 g/mol. The SMILES string of the molecule is O=C(O)c1ccccc1CN(c1nc(-c2ccccc2)c(-c2ccccc2)s1)C1CCCC1. The van der Waals surface area contributed by atoms with Crippen LogP contribution in [0.15, 0.2) is 84.9 Å². The molecular formula is C28H26N2O2S. The van der Waals surface area contributed by atoms with Crippen LogP contribution in [0.4, 0.5) is 5.13 Å². The monoisotopic (exact) mass is 454 g/mol. The fourth-order valence-corrected chi connectivity index (χ4v) is 5.79. The van der Waals surface area contributed by atoms with Gasteiger partial charge in [0.05, 0.1) is 16.1 Å². The predicted molar refractivity (Wildman–Crippen MR) is 135 cm³/mol. The van der Waals surface area contributed by atoms with Gasteiger partial charge in [-0.1, -0.05) is 103 Å². The van der Waals surface area contributed by atoms with Crippen molar-refractivity contribution in [2.24, 2.45) is 0 Å². The van der Waals surface area contributed by atoms with Crippen LogP contribution in [0.3, 0.4) is 0 Å². The number of nitrogens with zero attached hydrogens (tertiary/aromatic N) is 2. The first-order chi connectivity index (χ1) is 16.2. The lowest BCUT2D eigenvalue weighted by Crippen LogP contribution is -2.33. The van der Waals surface area contributed by atoms with Crippen molar-refractivity contribution in [2.45, 2.75) is 38.3 Å². The van der Waals surface area contributed by atoms with Gasteiger partial charge in [0, 0.05) is 18.2 Å². The smallest absolute Gasteiger partial charge is 0.336 e. The Morgan fingerprint density at radius 3 is 2.15 bits per heavy atom. The molecule has 3 aromatic carbocycles. The van der Waals surface area contributed by atoms with E-state index in [1.165, 1.54) is 12.8 Å². The highest BCUT2D eigenvalue weighted by molar-refractivity contribution is 7.19. The van der Waals surface area contributed by atoms with E-state index >= 15 is 0 Å². The van der Waals surface area contributed by atoms with Gasteiger partial charge in [0.1, 0.15) is 0 Å². The van der Waals surface area contributed by atoms with Gasteiger partial charge in [0.15, 0.2) is 5.13 Å². The van der Waals surface area contributed by atoms with Crippen LogP contribution in [0.5, 0.6) is 0 Å². The summed E-state index contributed by atoms with van der Waals surface area (Å²) in [6, 6.07) is 28.4. The Kier molecular flexibility index (Phi) is 6.22. The standard InChI is InChI=1S/C28H26N2O2S/c31-27(32)24-18-10-7-15-22(24)19-30(23-16-8-9-17-23)28-29-25(20-11-3-1-4-12-20)26(33-28)21-13-5-2-6-14-21/h1-7,10-15,18,23H,8-9,16-17,19H2,(H,31,32). The molecule has 4 aromatic rings. The quantitative estimate of drug-likeness (QED) is 0.323. The molecule has 1 aliphatic carbocycles. The molecule has 5 rings (SSSR count). The zero-order valence-electron chi connectivity index (χ0n) is 18.4. The maximum Gasteiger partial charge on any atom is 0.336 e. The first kappa shape index (κ1) is 21.4. The van der Waals surface area contributed by atoms with Gasteiger partial charge in [-0.05, 0) is 30.0 Å². The Morgan fingerprint density at radius 2 is 1.48 bits per heavy atom. The minimum Gasteiger partial charge on any atom is -0.478 e. The Balaban J connectivity index is 1.61. The Bertz CT molecular complexity index is 1170. The number of hydrogen-bond donors (Lipinski definition) is 1. The minimum atomic E-state index is -0.883. The molecule has 0 atom stereocenters. The van der Waals surface area contributed by atoms with Crippen molar-refractivity contribution in [3.63, 3.8) is 0 Å². The van der Waals surface area contributed by atoms with Crippen molar-refractivity contribution in [3.8, 4) is 21.7 Å². The molecular weight excluding hydrogens is 428 g/mol. The van der Waals surface area contributed by atoms with Crippen molar-refractivity contribution in [3.05, 3.63) is 96.1 Å². The topological polar surface area (TPSA) is 53.4 Å². The number of benzene rings is 3. The molecule has 0 aliphatic heterocycles. The van der Waals surface area contributed by atoms with Crippen LogP contribution < -0.4 is 4.90 Å². The van der Waals surface area contributed by atoms with Gasteiger partial charge < -0.3 is 10.0 Å². The van der Waals surface area contributed by atoms with Crippen molar-refractivity contribution in [2.75, 3.05) is 4.90 Å². The van der Waals surface area contributed by atoms with Crippen molar-refractivity contribution in [1.82, 2.24) is 4.98 Å². The third kappa shape index (κ3) is 4.55. The summed E-state index contributed by atoms with van der Waals surface area (Å²) >= 11 is 1.70. The summed E-state index contributed by atoms with van der Waals surface area (Å²) in [6.45, 7) is 0.545. The van der Waals surface area contributed by atoms with Crippen LogP contribution in [0.25, 0.3) is 21.7 Å². The molecule has 1 aromatic heterocycles. The first-order valence-electron chi connectivity index (χ1n) is 11.4. The van der Waals surface area contributed by atoms with E-state index in [0.717, 1.165) is 45.2 Å². The number of carbonyl (C=O) groups is 1. The highest BCUT2D eigenvalue weighted by atomic mass is 32.1. The molecule has 1 saturated carbocycles. The van der Waals surface area contributed by atoms with Gasteiger partial charge in [-0.3, -0.25) is 0 Å². The fraction of sp³-hybridized carbons (Fsp3) is 0.214. The predicted octanol–water partition coefficient (Wildman–Crippen LogP) is 7.12. The summed E-state index contributed by atoms with van der Waals surface area (Å²) in [6.07, 6.45) is 4.61. The van der Waals surface area contributed by atoms with E-state index in [2.05, 4.69) is 41.3 Å². The van der Waals surface area contributed by atoms with Gasteiger partial charge in [-0.25, -0.2) is 9.78 Å². The van der Waals surface area contributed by atoms with E-state index in [1.54, 1.807) is 23.5 Å². The lowest BCUT2D eigenvalue weighted by atomic mass is 10.1. The van der Waals surface area contributed by atoms with E-state index in [0.29, 0.717) is 18.2 Å². The number of rotatable bonds is 7. The molecule has 1 aliphatic rings. The van der Waals surface area contributed by atoms with Gasteiger partial charge in [0.2, 0.25) is 0 Å². The number of aromatic carboxylic acids is 1. The van der Waals surface area contributed by atoms with Gasteiger partial charge in [0.25, 0.3) is 0 Å². The van der Waals surface area contributed by atoms with E-state index in [4.69, 9.17) is 4.98 Å². The molecule has 1 N–H and O–H groups in total. The summed E-state index contributed by atoms with van der Waals surface area (Å²) < 4.78 is 0. The molecule has 1 fully saturated rings. The van der Waals surface area contributed by atoms with Crippen LogP contribution in [-0.2, 0) is 6.54 Å². The Labute approximate surface area is 198 Å². The van der Waals surface area contributed by atoms with Crippen molar-refractivity contribution in [1.29, 1.82) is 0 Å². The second-order valence-corrected chi connectivity index (χ2v) is 9.41. The number of aromatic nitrogens is 1. The third-order valence-electron chi connectivity index (χ3n) is 6.30. The lowest BCUT2D eigenvalue weighted by Gasteiger charge is -2.29. The zero-order chi connectivity index (χ0) is 22.6. The second kappa shape index (κ2) is 9.59. The maximum absolute atomic E-state index is 11.9. The Morgan fingerprint density at radius 1 is 0.879 bits per heavy atom. The van der Waals surface area contributed by atoms with E-state index in [9.17, 15) is 9.90 Å². The lowest BCUT2D eigenvalue weighted by molar-refractivity contribution is 0.0695.